The molecule has 1 aliphatic heterocycles. The molecule has 5 nitrogen and oxygen atoms in total. The van der Waals surface area contributed by atoms with Crippen LogP contribution in [0.15, 0.2) is 47.6 Å². The maximum Gasteiger partial charge on any atom is 0.365 e. The topological polar surface area (TPSA) is 73.9 Å². The zero-order chi connectivity index (χ0) is 18.0. The van der Waals surface area contributed by atoms with Crippen molar-refractivity contribution in [3.63, 3.8) is 0 Å². The molecule has 0 unspecified atom stereocenters. The molecule has 0 aromatic heterocycles. The van der Waals surface area contributed by atoms with Crippen LogP contribution >= 0.6 is 0 Å². The van der Waals surface area contributed by atoms with Crippen LogP contribution in [-0.4, -0.2) is 18.4 Å². The lowest BCUT2D eigenvalue weighted by molar-refractivity contribution is 0.0516. The normalized spacial score (nSPS) is 14.0. The van der Waals surface area contributed by atoms with E-state index >= 15 is 0 Å². The lowest BCUT2D eigenvalue weighted by Gasteiger charge is -2.18. The Morgan fingerprint density at radius 3 is 2.48 bits per heavy atom. The third kappa shape index (κ3) is 3.82. The molecule has 1 heterocycles. The number of rotatable bonds is 3. The summed E-state index contributed by atoms with van der Waals surface area (Å²) in [5.41, 5.74) is 9.33. The SMILES string of the molecule is CC(C)(C)c1ccc(/C(N)=N\OC(=O)c2ccc3c(c2)CCO3)cc1. The number of nitrogens with zero attached hydrogens (tertiary/aromatic N) is 1. The van der Waals surface area contributed by atoms with Crippen molar-refractivity contribution in [3.8, 4) is 5.75 Å². The second kappa shape index (κ2) is 6.59. The van der Waals surface area contributed by atoms with Gasteiger partial charge < -0.3 is 15.3 Å². The number of oxime groups is 1. The van der Waals surface area contributed by atoms with Crippen molar-refractivity contribution in [3.05, 3.63) is 64.7 Å². The molecule has 5 heteroatoms. The second-order valence-corrected chi connectivity index (χ2v) is 7.10. The first-order valence-corrected chi connectivity index (χ1v) is 8.26. The van der Waals surface area contributed by atoms with E-state index in [1.165, 1.54) is 5.56 Å². The molecule has 1 aliphatic rings. The van der Waals surface area contributed by atoms with Gasteiger partial charge in [0.1, 0.15) is 5.75 Å². The second-order valence-electron chi connectivity index (χ2n) is 7.10. The summed E-state index contributed by atoms with van der Waals surface area (Å²) >= 11 is 0. The van der Waals surface area contributed by atoms with Crippen LogP contribution in [0.2, 0.25) is 0 Å². The van der Waals surface area contributed by atoms with Gasteiger partial charge in [-0.25, -0.2) is 4.79 Å². The van der Waals surface area contributed by atoms with E-state index in [0.29, 0.717) is 17.7 Å². The van der Waals surface area contributed by atoms with Crippen LogP contribution in [0.1, 0.15) is 47.8 Å². The zero-order valence-electron chi connectivity index (χ0n) is 14.7. The first-order chi connectivity index (χ1) is 11.8. The average Bonchev–Trinajstić information content (AvgIpc) is 3.06. The maximum absolute atomic E-state index is 12.1. The zero-order valence-corrected chi connectivity index (χ0v) is 14.7. The molecule has 2 aromatic carbocycles. The monoisotopic (exact) mass is 338 g/mol. The number of benzene rings is 2. The van der Waals surface area contributed by atoms with Gasteiger partial charge in [-0.15, -0.1) is 0 Å². The quantitative estimate of drug-likeness (QED) is 0.403. The van der Waals surface area contributed by atoms with E-state index in [9.17, 15) is 4.79 Å². The molecule has 3 rings (SSSR count). The molecule has 0 saturated heterocycles. The number of carbonyl (C=O) groups is 1. The molecule has 0 spiro atoms. The van der Waals surface area contributed by atoms with Gasteiger partial charge in [-0.05, 0) is 34.7 Å². The molecule has 0 aliphatic carbocycles. The highest BCUT2D eigenvalue weighted by molar-refractivity contribution is 5.98. The van der Waals surface area contributed by atoms with Gasteiger partial charge in [0.25, 0.3) is 0 Å². The molecule has 0 radical (unpaired) electrons. The van der Waals surface area contributed by atoms with Crippen LogP contribution in [0, 0.1) is 0 Å². The van der Waals surface area contributed by atoms with Crippen molar-refractivity contribution in [2.24, 2.45) is 10.9 Å². The molecule has 0 amide bonds. The Labute approximate surface area is 147 Å². The molecule has 0 atom stereocenters. The number of fused-ring (bicyclic) bond motifs is 1. The molecule has 0 bridgehead atoms. The minimum atomic E-state index is -0.538. The summed E-state index contributed by atoms with van der Waals surface area (Å²) in [4.78, 5) is 17.1. The number of hydrogen-bond donors (Lipinski definition) is 1. The van der Waals surface area contributed by atoms with Gasteiger partial charge >= 0.3 is 5.97 Å². The van der Waals surface area contributed by atoms with E-state index in [-0.39, 0.29) is 11.3 Å². The van der Waals surface area contributed by atoms with Gasteiger partial charge in [-0.1, -0.05) is 50.2 Å². The van der Waals surface area contributed by atoms with Gasteiger partial charge in [0.15, 0.2) is 5.84 Å². The number of hydrogen-bond acceptors (Lipinski definition) is 4. The number of ether oxygens (including phenoxy) is 1. The minimum Gasteiger partial charge on any atom is -0.493 e. The highest BCUT2D eigenvalue weighted by atomic mass is 16.7. The fourth-order valence-electron chi connectivity index (χ4n) is 2.65. The fraction of sp³-hybridized carbons (Fsp3) is 0.300. The summed E-state index contributed by atoms with van der Waals surface area (Å²) in [5.74, 6) is 0.445. The Balaban J connectivity index is 1.69. The van der Waals surface area contributed by atoms with Crippen LogP contribution in [-0.2, 0) is 16.7 Å². The number of amidine groups is 1. The Morgan fingerprint density at radius 1 is 1.12 bits per heavy atom. The van der Waals surface area contributed by atoms with Gasteiger partial charge in [0.2, 0.25) is 0 Å². The lowest BCUT2D eigenvalue weighted by Crippen LogP contribution is -2.16. The summed E-state index contributed by atoms with van der Waals surface area (Å²) in [6.45, 7) is 7.07. The molecule has 2 aromatic rings. The van der Waals surface area contributed by atoms with Gasteiger partial charge in [-0.3, -0.25) is 0 Å². The molecule has 0 saturated carbocycles. The summed E-state index contributed by atoms with van der Waals surface area (Å²) in [6, 6.07) is 13.0. The van der Waals surface area contributed by atoms with Crippen LogP contribution in [0.5, 0.6) is 5.75 Å². The highest BCUT2D eigenvalue weighted by Gasteiger charge is 2.16. The Kier molecular flexibility index (Phi) is 4.49. The Hall–Kier alpha value is -2.82. The summed E-state index contributed by atoms with van der Waals surface area (Å²) < 4.78 is 5.42. The third-order valence-corrected chi connectivity index (χ3v) is 4.20. The third-order valence-electron chi connectivity index (χ3n) is 4.20. The summed E-state index contributed by atoms with van der Waals surface area (Å²) in [5, 5.41) is 3.77. The molecule has 25 heavy (non-hydrogen) atoms. The average molecular weight is 338 g/mol. The van der Waals surface area contributed by atoms with Crippen LogP contribution in [0.4, 0.5) is 0 Å². The van der Waals surface area contributed by atoms with E-state index in [1.807, 2.05) is 24.3 Å². The minimum absolute atomic E-state index is 0.0637. The van der Waals surface area contributed by atoms with E-state index in [1.54, 1.807) is 18.2 Å². The van der Waals surface area contributed by atoms with Crippen molar-refractivity contribution < 1.29 is 14.4 Å². The Bertz CT molecular complexity index is 818. The number of carbonyl (C=O) groups excluding carboxylic acids is 1. The van der Waals surface area contributed by atoms with Crippen LogP contribution in [0.25, 0.3) is 0 Å². The van der Waals surface area contributed by atoms with Crippen molar-refractivity contribution in [2.45, 2.75) is 32.6 Å². The standard InChI is InChI=1S/C20H22N2O3/c1-20(2,3)16-7-4-13(5-8-16)18(21)22-25-19(23)15-6-9-17-14(12-15)10-11-24-17/h4-9,12H,10-11H2,1-3H3,(H2,21,22). The van der Waals surface area contributed by atoms with E-state index < -0.39 is 5.97 Å². The van der Waals surface area contributed by atoms with Crippen LogP contribution in [0.3, 0.4) is 0 Å². The molecular formula is C20H22N2O3. The largest absolute Gasteiger partial charge is 0.493 e. The summed E-state index contributed by atoms with van der Waals surface area (Å²) in [7, 11) is 0. The summed E-state index contributed by atoms with van der Waals surface area (Å²) in [6.07, 6.45) is 0.794. The number of nitrogens with two attached hydrogens (primary N) is 1. The first kappa shape index (κ1) is 17.0. The fourth-order valence-corrected chi connectivity index (χ4v) is 2.65. The van der Waals surface area contributed by atoms with Crippen molar-refractivity contribution in [1.29, 1.82) is 0 Å². The van der Waals surface area contributed by atoms with Crippen LogP contribution < -0.4 is 10.5 Å². The van der Waals surface area contributed by atoms with Gasteiger partial charge in [-0.2, -0.15) is 0 Å². The molecule has 130 valence electrons. The van der Waals surface area contributed by atoms with Crippen molar-refractivity contribution in [2.75, 3.05) is 6.61 Å². The first-order valence-electron chi connectivity index (χ1n) is 8.26. The smallest absolute Gasteiger partial charge is 0.365 e. The molecule has 0 fully saturated rings. The molecule has 2 N–H and O–H groups in total. The predicted octanol–water partition coefficient (Wildman–Crippen LogP) is 3.40. The lowest BCUT2D eigenvalue weighted by atomic mass is 9.87. The van der Waals surface area contributed by atoms with Crippen molar-refractivity contribution in [1.82, 2.24) is 0 Å². The predicted molar refractivity (Wildman–Crippen MR) is 96.9 cm³/mol. The Morgan fingerprint density at radius 2 is 1.80 bits per heavy atom. The van der Waals surface area contributed by atoms with E-state index in [0.717, 1.165) is 17.7 Å². The van der Waals surface area contributed by atoms with E-state index in [2.05, 4.69) is 25.9 Å². The highest BCUT2D eigenvalue weighted by Crippen LogP contribution is 2.26. The van der Waals surface area contributed by atoms with E-state index in [4.69, 9.17) is 15.3 Å². The van der Waals surface area contributed by atoms with Crippen molar-refractivity contribution >= 4 is 11.8 Å². The molecular weight excluding hydrogens is 316 g/mol. The maximum atomic E-state index is 12.1. The van der Waals surface area contributed by atoms with Gasteiger partial charge in [0, 0.05) is 12.0 Å². The van der Waals surface area contributed by atoms with Gasteiger partial charge in [0.05, 0.1) is 12.2 Å².